The molecule has 1 N–H and O–H groups in total. The molecule has 2 heteroatoms. The van der Waals surface area contributed by atoms with Gasteiger partial charge < -0.3 is 10.1 Å². The summed E-state index contributed by atoms with van der Waals surface area (Å²) in [6.45, 7) is 6.51. The fourth-order valence-electron chi connectivity index (χ4n) is 3.24. The van der Waals surface area contributed by atoms with E-state index in [-0.39, 0.29) is 0 Å². The van der Waals surface area contributed by atoms with Crippen LogP contribution in [0.5, 0.6) is 5.75 Å². The van der Waals surface area contributed by atoms with Crippen molar-refractivity contribution in [2.24, 2.45) is 5.92 Å². The summed E-state index contributed by atoms with van der Waals surface area (Å²) in [5.74, 6) is 1.71. The van der Waals surface area contributed by atoms with Gasteiger partial charge in [-0.15, -0.1) is 0 Å². The van der Waals surface area contributed by atoms with Gasteiger partial charge in [-0.1, -0.05) is 57.7 Å². The second kappa shape index (κ2) is 9.09. The van der Waals surface area contributed by atoms with Crippen molar-refractivity contribution < 1.29 is 4.74 Å². The number of benzene rings is 1. The Morgan fingerprint density at radius 2 is 2.00 bits per heavy atom. The molecular formula is C19H31NO. The fraction of sp³-hybridized carbons (Fsp3) is 0.684. The van der Waals surface area contributed by atoms with E-state index < -0.39 is 0 Å². The number of rotatable bonds is 9. The Labute approximate surface area is 130 Å². The van der Waals surface area contributed by atoms with Gasteiger partial charge in [0.1, 0.15) is 5.75 Å². The summed E-state index contributed by atoms with van der Waals surface area (Å²) < 4.78 is 5.98. The zero-order chi connectivity index (χ0) is 14.9. The molecule has 2 rings (SSSR count). The van der Waals surface area contributed by atoms with E-state index in [1.807, 2.05) is 0 Å². The van der Waals surface area contributed by atoms with Gasteiger partial charge >= 0.3 is 0 Å². The molecule has 1 heterocycles. The summed E-state index contributed by atoms with van der Waals surface area (Å²) in [6, 6.07) is 9.11. The molecule has 2 unspecified atom stereocenters. The van der Waals surface area contributed by atoms with Gasteiger partial charge in [-0.3, -0.25) is 0 Å². The lowest BCUT2D eigenvalue weighted by Gasteiger charge is -2.32. The van der Waals surface area contributed by atoms with Crippen molar-refractivity contribution in [2.45, 2.75) is 64.8 Å². The summed E-state index contributed by atoms with van der Waals surface area (Å²) in [4.78, 5) is 0. The van der Waals surface area contributed by atoms with Gasteiger partial charge in [-0.05, 0) is 37.4 Å². The maximum absolute atomic E-state index is 5.98. The fourth-order valence-corrected chi connectivity index (χ4v) is 3.24. The Balaban J connectivity index is 1.90. The van der Waals surface area contributed by atoms with E-state index in [1.165, 1.54) is 44.1 Å². The van der Waals surface area contributed by atoms with Crippen LogP contribution in [0.3, 0.4) is 0 Å². The molecule has 2 atom stereocenters. The Morgan fingerprint density at radius 3 is 2.81 bits per heavy atom. The van der Waals surface area contributed by atoms with Crippen molar-refractivity contribution in [1.29, 1.82) is 0 Å². The number of fused-ring (bicyclic) bond motifs is 1. The van der Waals surface area contributed by atoms with Crippen LogP contribution in [0.2, 0.25) is 0 Å². The van der Waals surface area contributed by atoms with Crippen molar-refractivity contribution >= 4 is 0 Å². The lowest BCUT2D eigenvalue weighted by atomic mass is 9.87. The Bertz CT molecular complexity index is 404. The highest BCUT2D eigenvalue weighted by molar-refractivity contribution is 5.35. The summed E-state index contributed by atoms with van der Waals surface area (Å²) in [7, 11) is 0. The highest BCUT2D eigenvalue weighted by Crippen LogP contribution is 2.29. The molecule has 0 saturated heterocycles. The monoisotopic (exact) mass is 289 g/mol. The maximum atomic E-state index is 5.98. The predicted molar refractivity (Wildman–Crippen MR) is 90.0 cm³/mol. The quantitative estimate of drug-likeness (QED) is 0.672. The van der Waals surface area contributed by atoms with Gasteiger partial charge in [-0.25, -0.2) is 0 Å². The second-order valence-electron chi connectivity index (χ2n) is 6.29. The first-order valence-corrected chi connectivity index (χ1v) is 8.79. The summed E-state index contributed by atoms with van der Waals surface area (Å²) in [5, 5.41) is 3.77. The zero-order valence-electron chi connectivity index (χ0n) is 13.7. The zero-order valence-corrected chi connectivity index (χ0v) is 13.7. The maximum Gasteiger partial charge on any atom is 0.122 e. The van der Waals surface area contributed by atoms with Crippen molar-refractivity contribution in [1.82, 2.24) is 5.32 Å². The van der Waals surface area contributed by atoms with E-state index >= 15 is 0 Å². The minimum Gasteiger partial charge on any atom is -0.493 e. The number of unbranched alkanes of at least 4 members (excludes halogenated alkanes) is 3. The van der Waals surface area contributed by atoms with Crippen LogP contribution in [0.25, 0.3) is 0 Å². The molecule has 0 fully saturated rings. The van der Waals surface area contributed by atoms with Gasteiger partial charge in [-0.2, -0.15) is 0 Å². The van der Waals surface area contributed by atoms with Gasteiger partial charge in [0, 0.05) is 12.0 Å². The van der Waals surface area contributed by atoms with E-state index in [2.05, 4.69) is 43.4 Å². The van der Waals surface area contributed by atoms with Crippen LogP contribution >= 0.6 is 0 Å². The Morgan fingerprint density at radius 1 is 1.14 bits per heavy atom. The third kappa shape index (κ3) is 5.03. The average molecular weight is 289 g/mol. The highest BCUT2D eigenvalue weighted by atomic mass is 16.5. The van der Waals surface area contributed by atoms with E-state index in [4.69, 9.17) is 4.74 Å². The van der Waals surface area contributed by atoms with Gasteiger partial charge in [0.2, 0.25) is 0 Å². The summed E-state index contributed by atoms with van der Waals surface area (Å²) >= 11 is 0. The number of hydrogen-bond acceptors (Lipinski definition) is 2. The van der Waals surface area contributed by atoms with E-state index in [0.717, 1.165) is 25.3 Å². The first-order valence-electron chi connectivity index (χ1n) is 8.79. The van der Waals surface area contributed by atoms with Crippen molar-refractivity contribution in [2.75, 3.05) is 13.2 Å². The van der Waals surface area contributed by atoms with Crippen LogP contribution < -0.4 is 10.1 Å². The molecular weight excluding hydrogens is 258 g/mol. The molecule has 1 aliphatic heterocycles. The van der Waals surface area contributed by atoms with Gasteiger partial charge in [0.05, 0.1) is 6.61 Å². The van der Waals surface area contributed by atoms with Gasteiger partial charge in [0.15, 0.2) is 0 Å². The third-order valence-electron chi connectivity index (χ3n) is 4.50. The molecule has 0 bridgehead atoms. The van der Waals surface area contributed by atoms with Crippen LogP contribution in [0.1, 0.15) is 57.9 Å². The number of nitrogens with one attached hydrogen (secondary N) is 1. The molecule has 0 amide bonds. The van der Waals surface area contributed by atoms with Crippen LogP contribution in [0.15, 0.2) is 24.3 Å². The molecule has 0 aliphatic carbocycles. The summed E-state index contributed by atoms with van der Waals surface area (Å²) in [6.07, 6.45) is 9.03. The number of para-hydroxylation sites is 1. The van der Waals surface area contributed by atoms with Crippen molar-refractivity contribution in [3.05, 3.63) is 29.8 Å². The molecule has 0 aromatic heterocycles. The van der Waals surface area contributed by atoms with Crippen LogP contribution in [-0.4, -0.2) is 19.2 Å². The molecule has 0 saturated carbocycles. The standard InChI is InChI=1S/C19H31NO/c1-3-5-6-7-11-18(20-13-4-2)17-14-16-10-8-9-12-19(16)21-15-17/h8-10,12,17-18,20H,3-7,11,13-15H2,1-2H3. The third-order valence-corrected chi connectivity index (χ3v) is 4.50. The number of hydrogen-bond donors (Lipinski definition) is 1. The molecule has 118 valence electrons. The first-order chi connectivity index (χ1) is 10.3. The minimum absolute atomic E-state index is 0.607. The van der Waals surface area contributed by atoms with Crippen LogP contribution in [0.4, 0.5) is 0 Å². The lowest BCUT2D eigenvalue weighted by Crippen LogP contribution is -2.42. The molecule has 0 radical (unpaired) electrons. The minimum atomic E-state index is 0.607. The largest absolute Gasteiger partial charge is 0.493 e. The highest BCUT2D eigenvalue weighted by Gasteiger charge is 2.26. The van der Waals surface area contributed by atoms with Gasteiger partial charge in [0.25, 0.3) is 0 Å². The lowest BCUT2D eigenvalue weighted by molar-refractivity contribution is 0.177. The normalized spacial score (nSPS) is 18.9. The molecule has 21 heavy (non-hydrogen) atoms. The average Bonchev–Trinajstić information content (AvgIpc) is 2.54. The second-order valence-corrected chi connectivity index (χ2v) is 6.29. The smallest absolute Gasteiger partial charge is 0.122 e. The predicted octanol–water partition coefficient (Wildman–Crippen LogP) is 4.58. The first kappa shape index (κ1) is 16.4. The Hall–Kier alpha value is -1.02. The Kier molecular flexibility index (Phi) is 7.08. The summed E-state index contributed by atoms with van der Waals surface area (Å²) in [5.41, 5.74) is 1.38. The molecule has 0 spiro atoms. The molecule has 1 aromatic rings. The van der Waals surface area contributed by atoms with Crippen molar-refractivity contribution in [3.63, 3.8) is 0 Å². The molecule has 1 aliphatic rings. The SMILES string of the molecule is CCCCCCC(NCCC)C1COc2ccccc2C1. The van der Waals surface area contributed by atoms with E-state index in [0.29, 0.717) is 12.0 Å². The number of ether oxygens (including phenoxy) is 1. The van der Waals surface area contributed by atoms with Crippen molar-refractivity contribution in [3.8, 4) is 5.75 Å². The van der Waals surface area contributed by atoms with Crippen LogP contribution in [0, 0.1) is 5.92 Å². The molecule has 2 nitrogen and oxygen atoms in total. The molecule has 1 aromatic carbocycles. The van der Waals surface area contributed by atoms with E-state index in [1.54, 1.807) is 0 Å². The van der Waals surface area contributed by atoms with Crippen LogP contribution in [-0.2, 0) is 6.42 Å². The topological polar surface area (TPSA) is 21.3 Å². The van der Waals surface area contributed by atoms with E-state index in [9.17, 15) is 0 Å².